The highest BCUT2D eigenvalue weighted by atomic mass is 19.2. The number of halogens is 4. The van der Waals surface area contributed by atoms with Crippen LogP contribution in [0.2, 0.25) is 0 Å². The largest absolute Gasteiger partial charge is 0.480 e. The van der Waals surface area contributed by atoms with Crippen molar-refractivity contribution in [3.05, 3.63) is 35.4 Å². The molecule has 2 nitrogen and oxygen atoms in total. The van der Waals surface area contributed by atoms with Crippen molar-refractivity contribution >= 4 is 0 Å². The van der Waals surface area contributed by atoms with Gasteiger partial charge in [0.15, 0.2) is 6.10 Å². The van der Waals surface area contributed by atoms with Crippen LogP contribution in [0.3, 0.4) is 0 Å². The zero-order chi connectivity index (χ0) is 13.4. The molecular formula is C12H10F4O2. The standard InChI is InChI=1S/C12H10F4O2/c1-3-4-6-5(2)17-11-9(15)7(13)8(14)10(16)12(11)18-6/h3-6H,1-2H3/b4-3+. The smallest absolute Gasteiger partial charge is 0.207 e. The summed E-state index contributed by atoms with van der Waals surface area (Å²) in [6.45, 7) is 3.25. The summed E-state index contributed by atoms with van der Waals surface area (Å²) < 4.78 is 63.1. The van der Waals surface area contributed by atoms with Gasteiger partial charge in [-0.25, -0.2) is 8.78 Å². The fourth-order valence-electron chi connectivity index (χ4n) is 1.67. The molecule has 1 aromatic rings. The zero-order valence-corrected chi connectivity index (χ0v) is 9.64. The van der Waals surface area contributed by atoms with Gasteiger partial charge in [0.05, 0.1) is 0 Å². The molecule has 18 heavy (non-hydrogen) atoms. The van der Waals surface area contributed by atoms with Crippen LogP contribution in [0.5, 0.6) is 11.5 Å². The summed E-state index contributed by atoms with van der Waals surface area (Å²) >= 11 is 0. The lowest BCUT2D eigenvalue weighted by Crippen LogP contribution is -2.37. The third kappa shape index (κ3) is 1.81. The highest BCUT2D eigenvalue weighted by Gasteiger charge is 2.35. The van der Waals surface area contributed by atoms with Gasteiger partial charge in [-0.1, -0.05) is 6.08 Å². The molecule has 0 fully saturated rings. The van der Waals surface area contributed by atoms with Gasteiger partial charge in [-0.05, 0) is 19.9 Å². The number of hydrogen-bond donors (Lipinski definition) is 0. The van der Waals surface area contributed by atoms with Gasteiger partial charge in [0.25, 0.3) is 0 Å². The Bertz CT molecular complexity index is 514. The Morgan fingerprint density at radius 1 is 0.889 bits per heavy atom. The second-order valence-electron chi connectivity index (χ2n) is 3.85. The highest BCUT2D eigenvalue weighted by molar-refractivity contribution is 5.45. The van der Waals surface area contributed by atoms with Gasteiger partial charge in [0.2, 0.25) is 34.8 Å². The van der Waals surface area contributed by atoms with E-state index in [0.717, 1.165) is 0 Å². The lowest BCUT2D eigenvalue weighted by molar-refractivity contribution is 0.0481. The number of rotatable bonds is 1. The first-order valence-corrected chi connectivity index (χ1v) is 5.29. The predicted molar refractivity (Wildman–Crippen MR) is 55.6 cm³/mol. The minimum Gasteiger partial charge on any atom is -0.480 e. The van der Waals surface area contributed by atoms with Crippen LogP contribution < -0.4 is 9.47 Å². The lowest BCUT2D eigenvalue weighted by atomic mass is 10.1. The molecule has 1 heterocycles. The molecule has 0 bridgehead atoms. The van der Waals surface area contributed by atoms with E-state index in [1.54, 1.807) is 26.0 Å². The molecule has 0 spiro atoms. The molecule has 0 amide bonds. The van der Waals surface area contributed by atoms with Crippen LogP contribution >= 0.6 is 0 Å². The maximum Gasteiger partial charge on any atom is 0.207 e. The Labute approximate surface area is 101 Å². The molecule has 1 aliphatic rings. The predicted octanol–water partition coefficient (Wildman–Crippen LogP) is 3.35. The average molecular weight is 262 g/mol. The minimum absolute atomic E-state index is 0.646. The molecule has 1 aromatic carbocycles. The number of allylic oxidation sites excluding steroid dienone is 1. The number of fused-ring (bicyclic) bond motifs is 1. The van der Waals surface area contributed by atoms with E-state index < -0.39 is 47.0 Å². The summed E-state index contributed by atoms with van der Waals surface area (Å²) in [6.07, 6.45) is 1.84. The van der Waals surface area contributed by atoms with Crippen molar-refractivity contribution < 1.29 is 27.0 Å². The van der Waals surface area contributed by atoms with Crippen LogP contribution in [0, 0.1) is 23.3 Å². The molecular weight excluding hydrogens is 252 g/mol. The molecule has 0 N–H and O–H groups in total. The first-order chi connectivity index (χ1) is 8.47. The van der Waals surface area contributed by atoms with E-state index in [-0.39, 0.29) is 0 Å². The van der Waals surface area contributed by atoms with Gasteiger partial charge in [0.1, 0.15) is 6.10 Å². The maximum atomic E-state index is 13.5. The number of hydrogen-bond acceptors (Lipinski definition) is 2. The molecule has 0 aliphatic carbocycles. The van der Waals surface area contributed by atoms with Crippen LogP contribution in [0.1, 0.15) is 13.8 Å². The fourth-order valence-corrected chi connectivity index (χ4v) is 1.67. The summed E-state index contributed by atoms with van der Waals surface area (Å²) in [7, 11) is 0. The molecule has 1 aliphatic heterocycles. The Morgan fingerprint density at radius 2 is 1.39 bits per heavy atom. The van der Waals surface area contributed by atoms with Crippen LogP contribution in [0.25, 0.3) is 0 Å². The van der Waals surface area contributed by atoms with Gasteiger partial charge < -0.3 is 9.47 Å². The molecule has 0 saturated heterocycles. The molecule has 6 heteroatoms. The molecule has 0 aromatic heterocycles. The van der Waals surface area contributed by atoms with E-state index in [2.05, 4.69) is 0 Å². The topological polar surface area (TPSA) is 18.5 Å². The van der Waals surface area contributed by atoms with Gasteiger partial charge in [-0.3, -0.25) is 0 Å². The van der Waals surface area contributed by atoms with Crippen LogP contribution in [0.15, 0.2) is 12.2 Å². The Balaban J connectivity index is 2.56. The van der Waals surface area contributed by atoms with E-state index in [4.69, 9.17) is 9.47 Å². The Kier molecular flexibility index (Phi) is 3.19. The van der Waals surface area contributed by atoms with E-state index in [1.807, 2.05) is 0 Å². The number of ether oxygens (including phenoxy) is 2. The first-order valence-electron chi connectivity index (χ1n) is 5.29. The quantitative estimate of drug-likeness (QED) is 0.334. The Hall–Kier alpha value is -1.72. The summed E-state index contributed by atoms with van der Waals surface area (Å²) in [5, 5.41) is 0. The van der Waals surface area contributed by atoms with Crippen molar-refractivity contribution in [2.75, 3.05) is 0 Å². The second-order valence-corrected chi connectivity index (χ2v) is 3.85. The molecule has 2 unspecified atom stereocenters. The van der Waals surface area contributed by atoms with Gasteiger partial charge in [0, 0.05) is 0 Å². The fraction of sp³-hybridized carbons (Fsp3) is 0.333. The minimum atomic E-state index is -1.91. The summed E-state index contributed by atoms with van der Waals surface area (Å²) in [5.41, 5.74) is 0. The summed E-state index contributed by atoms with van der Waals surface area (Å²) in [4.78, 5) is 0. The van der Waals surface area contributed by atoms with Crippen molar-refractivity contribution in [3.8, 4) is 11.5 Å². The normalized spacial score (nSPS) is 22.6. The van der Waals surface area contributed by atoms with Crippen LogP contribution in [0.4, 0.5) is 17.6 Å². The van der Waals surface area contributed by atoms with Crippen molar-refractivity contribution in [1.29, 1.82) is 0 Å². The van der Waals surface area contributed by atoms with E-state index in [9.17, 15) is 17.6 Å². The van der Waals surface area contributed by atoms with Gasteiger partial charge >= 0.3 is 0 Å². The van der Waals surface area contributed by atoms with E-state index in [0.29, 0.717) is 0 Å². The third-order valence-electron chi connectivity index (χ3n) is 2.59. The average Bonchev–Trinajstić information content (AvgIpc) is 2.36. The highest BCUT2D eigenvalue weighted by Crippen LogP contribution is 2.41. The van der Waals surface area contributed by atoms with Crippen molar-refractivity contribution in [2.45, 2.75) is 26.1 Å². The molecule has 2 atom stereocenters. The first kappa shape index (κ1) is 12.7. The third-order valence-corrected chi connectivity index (χ3v) is 2.59. The van der Waals surface area contributed by atoms with Crippen molar-refractivity contribution in [2.24, 2.45) is 0 Å². The van der Waals surface area contributed by atoms with E-state index in [1.165, 1.54) is 0 Å². The summed E-state index contributed by atoms with van der Waals surface area (Å²) in [6, 6.07) is 0. The summed E-state index contributed by atoms with van der Waals surface area (Å²) in [5.74, 6) is -8.48. The maximum absolute atomic E-state index is 13.5. The molecule has 0 saturated carbocycles. The van der Waals surface area contributed by atoms with Crippen LogP contribution in [-0.2, 0) is 0 Å². The molecule has 0 radical (unpaired) electrons. The second kappa shape index (κ2) is 4.51. The monoisotopic (exact) mass is 262 g/mol. The number of benzene rings is 1. The Morgan fingerprint density at radius 3 is 1.89 bits per heavy atom. The van der Waals surface area contributed by atoms with Crippen molar-refractivity contribution in [1.82, 2.24) is 0 Å². The molecule has 98 valence electrons. The van der Waals surface area contributed by atoms with Crippen LogP contribution in [-0.4, -0.2) is 12.2 Å². The lowest BCUT2D eigenvalue weighted by Gasteiger charge is -2.30. The SMILES string of the molecule is C/C=C/C1Oc2c(F)c(F)c(F)c(F)c2OC1C. The molecule has 2 rings (SSSR count). The van der Waals surface area contributed by atoms with Gasteiger partial charge in [-0.2, -0.15) is 8.78 Å². The van der Waals surface area contributed by atoms with Crippen molar-refractivity contribution in [3.63, 3.8) is 0 Å². The van der Waals surface area contributed by atoms with Gasteiger partial charge in [-0.15, -0.1) is 0 Å². The zero-order valence-electron chi connectivity index (χ0n) is 9.64. The van der Waals surface area contributed by atoms with E-state index >= 15 is 0 Å².